The molecule has 3 rings (SSSR count). The molecule has 3 unspecified atom stereocenters. The van der Waals surface area contributed by atoms with Crippen molar-refractivity contribution < 1.29 is 23.1 Å². The molecule has 2 aliphatic heterocycles. The van der Waals surface area contributed by atoms with E-state index in [0.717, 1.165) is 38.5 Å². The molecule has 0 aromatic carbocycles. The number of rotatable bonds is 4. The zero-order chi connectivity index (χ0) is 15.7. The third-order valence-electron chi connectivity index (χ3n) is 5.42. The Morgan fingerprint density at radius 2 is 1.82 bits per heavy atom. The molecule has 3 fully saturated rings. The molecule has 2 saturated heterocycles. The average molecular weight is 331 g/mol. The molecule has 126 valence electrons. The van der Waals surface area contributed by atoms with Crippen molar-refractivity contribution in [3.8, 4) is 0 Å². The molecule has 0 spiro atoms. The lowest BCUT2D eigenvalue weighted by Gasteiger charge is -2.33. The molecule has 1 aliphatic carbocycles. The molecule has 0 bridgehead atoms. The Morgan fingerprint density at radius 3 is 2.50 bits per heavy atom. The molecule has 0 aromatic heterocycles. The van der Waals surface area contributed by atoms with Crippen molar-refractivity contribution in [1.82, 2.24) is 4.31 Å². The molecule has 0 radical (unpaired) electrons. The number of fused-ring (bicyclic) bond motifs is 1. The number of carbonyl (C=O) groups is 1. The molecule has 6 nitrogen and oxygen atoms in total. The van der Waals surface area contributed by atoms with E-state index in [9.17, 15) is 18.3 Å². The van der Waals surface area contributed by atoms with Crippen LogP contribution in [0.5, 0.6) is 0 Å². The van der Waals surface area contributed by atoms with Crippen molar-refractivity contribution in [1.29, 1.82) is 0 Å². The van der Waals surface area contributed by atoms with Gasteiger partial charge < -0.3 is 9.84 Å². The lowest BCUT2D eigenvalue weighted by Crippen LogP contribution is -2.48. The van der Waals surface area contributed by atoms with Crippen LogP contribution in [-0.2, 0) is 19.6 Å². The third-order valence-corrected chi connectivity index (χ3v) is 7.48. The summed E-state index contributed by atoms with van der Waals surface area (Å²) in [6, 6.07) is -0.961. The minimum absolute atomic E-state index is 0.0728. The van der Waals surface area contributed by atoms with Crippen LogP contribution >= 0.6 is 0 Å². The zero-order valence-corrected chi connectivity index (χ0v) is 13.6. The van der Waals surface area contributed by atoms with Gasteiger partial charge in [0, 0.05) is 19.3 Å². The summed E-state index contributed by atoms with van der Waals surface area (Å²) in [7, 11) is -3.53. The normalized spacial score (nSPS) is 34.5. The average Bonchev–Trinajstić information content (AvgIpc) is 2.88. The van der Waals surface area contributed by atoms with E-state index in [4.69, 9.17) is 4.74 Å². The predicted octanol–water partition coefficient (Wildman–Crippen LogP) is 1.46. The van der Waals surface area contributed by atoms with E-state index in [0.29, 0.717) is 19.6 Å². The van der Waals surface area contributed by atoms with Crippen molar-refractivity contribution in [3.05, 3.63) is 0 Å². The van der Waals surface area contributed by atoms with Crippen LogP contribution in [0.1, 0.15) is 44.9 Å². The van der Waals surface area contributed by atoms with Gasteiger partial charge in [-0.15, -0.1) is 0 Å². The highest BCUT2D eigenvalue weighted by Crippen LogP contribution is 2.42. The van der Waals surface area contributed by atoms with E-state index in [2.05, 4.69) is 0 Å². The Labute approximate surface area is 131 Å². The van der Waals surface area contributed by atoms with Crippen LogP contribution in [0.3, 0.4) is 0 Å². The molecule has 0 amide bonds. The molecule has 2 heterocycles. The minimum Gasteiger partial charge on any atom is -0.480 e. The van der Waals surface area contributed by atoms with Gasteiger partial charge in [-0.05, 0) is 43.9 Å². The largest absolute Gasteiger partial charge is 0.480 e. The van der Waals surface area contributed by atoms with Gasteiger partial charge in [-0.1, -0.05) is 12.8 Å². The van der Waals surface area contributed by atoms with E-state index in [-0.39, 0.29) is 23.6 Å². The first-order valence-electron chi connectivity index (χ1n) is 8.31. The Kier molecular flexibility index (Phi) is 4.75. The lowest BCUT2D eigenvalue weighted by atomic mass is 9.85. The highest BCUT2D eigenvalue weighted by molar-refractivity contribution is 7.89. The summed E-state index contributed by atoms with van der Waals surface area (Å²) in [5.41, 5.74) is 0. The number of sulfonamides is 1. The number of carboxylic acids is 1. The highest BCUT2D eigenvalue weighted by atomic mass is 32.2. The van der Waals surface area contributed by atoms with Crippen molar-refractivity contribution in [3.63, 3.8) is 0 Å². The third kappa shape index (κ3) is 3.16. The van der Waals surface area contributed by atoms with Crippen LogP contribution in [0.4, 0.5) is 0 Å². The molecular weight excluding hydrogens is 306 g/mol. The fourth-order valence-electron chi connectivity index (χ4n) is 4.33. The number of nitrogens with zero attached hydrogens (tertiary/aromatic N) is 1. The van der Waals surface area contributed by atoms with Crippen molar-refractivity contribution in [2.24, 2.45) is 11.8 Å². The van der Waals surface area contributed by atoms with Crippen molar-refractivity contribution >= 4 is 16.0 Å². The summed E-state index contributed by atoms with van der Waals surface area (Å²) in [5.74, 6) is -0.608. The molecular formula is C15H25NO5S. The number of hydrogen-bond acceptors (Lipinski definition) is 4. The van der Waals surface area contributed by atoms with Crippen LogP contribution in [0, 0.1) is 11.8 Å². The monoisotopic (exact) mass is 331 g/mol. The SMILES string of the molecule is O=C(O)C1CC2CCCCC2N1S(=O)(=O)CC1CCOCC1. The second-order valence-electron chi connectivity index (χ2n) is 6.87. The van der Waals surface area contributed by atoms with Gasteiger partial charge in [-0.25, -0.2) is 8.42 Å². The number of aliphatic carboxylic acids is 1. The number of hydrogen-bond donors (Lipinski definition) is 1. The van der Waals surface area contributed by atoms with Gasteiger partial charge in [0.25, 0.3) is 0 Å². The van der Waals surface area contributed by atoms with Crippen LogP contribution in [-0.4, -0.2) is 54.8 Å². The summed E-state index contributed by atoms with van der Waals surface area (Å²) < 4.78 is 32.4. The Morgan fingerprint density at radius 1 is 1.14 bits per heavy atom. The van der Waals surface area contributed by atoms with Crippen molar-refractivity contribution in [2.45, 2.75) is 57.0 Å². The van der Waals surface area contributed by atoms with Gasteiger partial charge in [-0.3, -0.25) is 4.79 Å². The quantitative estimate of drug-likeness (QED) is 0.843. The number of carboxylic acid groups (broad SMARTS) is 1. The first kappa shape index (κ1) is 16.2. The maximum atomic E-state index is 12.9. The topological polar surface area (TPSA) is 83.9 Å². The molecule has 3 aliphatic rings. The van der Waals surface area contributed by atoms with E-state index in [1.54, 1.807) is 0 Å². The molecule has 1 N–H and O–H groups in total. The molecule has 22 heavy (non-hydrogen) atoms. The molecule has 1 saturated carbocycles. The van der Waals surface area contributed by atoms with Crippen LogP contribution in [0.15, 0.2) is 0 Å². The first-order valence-corrected chi connectivity index (χ1v) is 9.91. The Hall–Kier alpha value is -0.660. The fourth-order valence-corrected chi connectivity index (χ4v) is 6.68. The van der Waals surface area contributed by atoms with E-state index in [1.165, 1.54) is 4.31 Å². The smallest absolute Gasteiger partial charge is 0.322 e. The van der Waals surface area contributed by atoms with Crippen LogP contribution < -0.4 is 0 Å². The molecule has 0 aromatic rings. The second-order valence-corrected chi connectivity index (χ2v) is 8.78. The maximum Gasteiger partial charge on any atom is 0.322 e. The summed E-state index contributed by atoms with van der Waals surface area (Å²) in [5, 5.41) is 9.47. The molecule has 7 heteroatoms. The Bertz CT molecular complexity index is 514. The van der Waals surface area contributed by atoms with Gasteiger partial charge in [0.15, 0.2) is 0 Å². The number of ether oxygens (including phenoxy) is 1. The zero-order valence-electron chi connectivity index (χ0n) is 12.8. The predicted molar refractivity (Wildman–Crippen MR) is 81.0 cm³/mol. The maximum absolute atomic E-state index is 12.9. The lowest BCUT2D eigenvalue weighted by molar-refractivity contribution is -0.141. The van der Waals surface area contributed by atoms with Gasteiger partial charge in [0.1, 0.15) is 6.04 Å². The Balaban J connectivity index is 1.80. The van der Waals surface area contributed by atoms with Crippen molar-refractivity contribution in [2.75, 3.05) is 19.0 Å². The molecule has 3 atom stereocenters. The minimum atomic E-state index is -3.53. The summed E-state index contributed by atoms with van der Waals surface area (Å²) in [6.45, 7) is 1.21. The van der Waals surface area contributed by atoms with Gasteiger partial charge in [-0.2, -0.15) is 4.31 Å². The van der Waals surface area contributed by atoms with E-state index >= 15 is 0 Å². The highest BCUT2D eigenvalue weighted by Gasteiger charge is 2.50. The fraction of sp³-hybridized carbons (Fsp3) is 0.933. The standard InChI is InChI=1S/C15H25NO5S/c17-15(18)14-9-12-3-1-2-4-13(12)16(14)22(19,20)10-11-5-7-21-8-6-11/h11-14H,1-10H2,(H,17,18). The summed E-state index contributed by atoms with van der Waals surface area (Å²) in [6.07, 6.45) is 5.82. The second kappa shape index (κ2) is 6.45. The van der Waals surface area contributed by atoms with Crippen LogP contribution in [0.2, 0.25) is 0 Å². The van der Waals surface area contributed by atoms with Gasteiger partial charge in [0.05, 0.1) is 5.75 Å². The van der Waals surface area contributed by atoms with Crippen LogP contribution in [0.25, 0.3) is 0 Å². The van der Waals surface area contributed by atoms with Gasteiger partial charge in [0.2, 0.25) is 10.0 Å². The van der Waals surface area contributed by atoms with E-state index < -0.39 is 22.0 Å². The first-order chi connectivity index (χ1) is 10.5. The summed E-state index contributed by atoms with van der Waals surface area (Å²) in [4.78, 5) is 11.6. The van der Waals surface area contributed by atoms with E-state index in [1.807, 2.05) is 0 Å². The van der Waals surface area contributed by atoms with Gasteiger partial charge >= 0.3 is 5.97 Å². The summed E-state index contributed by atoms with van der Waals surface area (Å²) >= 11 is 0.